The van der Waals surface area contributed by atoms with Crippen molar-refractivity contribution in [2.75, 3.05) is 0 Å². The summed E-state index contributed by atoms with van der Waals surface area (Å²) in [6.45, 7) is 0.375. The molecule has 152 valence electrons. The molecule has 3 N–H and O–H groups in total. The van der Waals surface area contributed by atoms with Crippen molar-refractivity contribution in [2.45, 2.75) is 12.6 Å². The lowest BCUT2D eigenvalue weighted by Crippen LogP contribution is -2.33. The zero-order valence-electron chi connectivity index (χ0n) is 15.9. The third kappa shape index (κ3) is 3.85. The number of rotatable bonds is 5. The highest BCUT2D eigenvalue weighted by molar-refractivity contribution is 6.52. The maximum absolute atomic E-state index is 12.9. The molecule has 0 heterocycles. The molecule has 0 amide bonds. The van der Waals surface area contributed by atoms with Crippen LogP contribution in [0.25, 0.3) is 5.76 Å². The number of aromatic hydroxyl groups is 1. The summed E-state index contributed by atoms with van der Waals surface area (Å²) in [4.78, 5) is 25.6. The van der Waals surface area contributed by atoms with Gasteiger partial charge in [-0.2, -0.15) is 0 Å². The second-order valence-corrected chi connectivity index (χ2v) is 6.82. The summed E-state index contributed by atoms with van der Waals surface area (Å²) in [5.74, 6) is -1.73. The van der Waals surface area contributed by atoms with Gasteiger partial charge in [0.2, 0.25) is 11.6 Å². The van der Waals surface area contributed by atoms with Gasteiger partial charge in [-0.3, -0.25) is 9.59 Å². The predicted octanol–water partition coefficient (Wildman–Crippen LogP) is 4.38. The number of carbonyl (C=O) groups is 2. The summed E-state index contributed by atoms with van der Waals surface area (Å²) in [6, 6.07) is 21.7. The van der Waals surface area contributed by atoms with Crippen LogP contribution in [0.2, 0.25) is 0 Å². The number of carbonyl (C=O) groups excluding carboxylic acids is 2. The van der Waals surface area contributed by atoms with E-state index in [4.69, 9.17) is 0 Å². The van der Waals surface area contributed by atoms with E-state index in [9.17, 15) is 19.8 Å². The normalized spacial score (nSPS) is 14.1. The molecule has 0 aromatic heterocycles. The first-order chi connectivity index (χ1) is 14.1. The maximum Gasteiger partial charge on any atom is 0.235 e. The minimum Gasteiger partial charge on any atom is -0.508 e. The van der Waals surface area contributed by atoms with Crippen LogP contribution in [0.4, 0.5) is 0 Å². The van der Waals surface area contributed by atoms with Gasteiger partial charge < -0.3 is 15.5 Å². The number of fused-ring (bicyclic) bond motifs is 1. The monoisotopic (exact) mass is 421 g/mol. The first-order valence-electron chi connectivity index (χ1n) is 9.24. The van der Waals surface area contributed by atoms with Gasteiger partial charge in [0.05, 0.1) is 11.6 Å². The lowest BCUT2D eigenvalue weighted by Gasteiger charge is -2.26. The molecule has 1 unspecified atom stereocenters. The van der Waals surface area contributed by atoms with Crippen LogP contribution in [0.15, 0.2) is 84.4 Å². The van der Waals surface area contributed by atoms with Crippen molar-refractivity contribution in [1.82, 2.24) is 5.32 Å². The number of hydrogen-bond acceptors (Lipinski definition) is 5. The molecule has 6 heteroatoms. The van der Waals surface area contributed by atoms with Crippen molar-refractivity contribution in [3.05, 3.63) is 107 Å². The Balaban J connectivity index is 0.00000256. The van der Waals surface area contributed by atoms with Gasteiger partial charge in [0.1, 0.15) is 11.5 Å². The Morgan fingerprint density at radius 2 is 1.33 bits per heavy atom. The van der Waals surface area contributed by atoms with Gasteiger partial charge in [-0.1, -0.05) is 72.8 Å². The van der Waals surface area contributed by atoms with Crippen LogP contribution < -0.4 is 5.32 Å². The van der Waals surface area contributed by atoms with E-state index >= 15 is 0 Å². The third-order valence-electron chi connectivity index (χ3n) is 5.02. The van der Waals surface area contributed by atoms with Gasteiger partial charge in [-0.25, -0.2) is 0 Å². The molecule has 0 bridgehead atoms. The molecule has 3 aromatic rings. The molecular weight excluding hydrogens is 402 g/mol. The number of Topliss-reactive ketones (excluding diaryl/α,β-unsaturated/α-hetero) is 2. The molecular formula is C24H20ClNO4. The van der Waals surface area contributed by atoms with E-state index in [1.165, 1.54) is 12.1 Å². The van der Waals surface area contributed by atoms with Crippen molar-refractivity contribution in [3.63, 3.8) is 0 Å². The van der Waals surface area contributed by atoms with E-state index in [1.807, 2.05) is 30.3 Å². The van der Waals surface area contributed by atoms with Gasteiger partial charge in [0, 0.05) is 23.2 Å². The van der Waals surface area contributed by atoms with Crippen LogP contribution in [0, 0.1) is 0 Å². The highest BCUT2D eigenvalue weighted by atomic mass is 35.5. The number of phenolic OH excluding ortho intramolecular Hbond substituents is 1. The average molecular weight is 422 g/mol. The van der Waals surface area contributed by atoms with Crippen molar-refractivity contribution < 1.29 is 19.8 Å². The summed E-state index contributed by atoms with van der Waals surface area (Å²) in [5, 5.41) is 24.5. The lowest BCUT2D eigenvalue weighted by atomic mass is 9.83. The molecule has 4 rings (SSSR count). The van der Waals surface area contributed by atoms with Crippen molar-refractivity contribution in [2.24, 2.45) is 0 Å². The van der Waals surface area contributed by atoms with Crippen LogP contribution in [-0.4, -0.2) is 21.8 Å². The smallest absolute Gasteiger partial charge is 0.235 e. The molecule has 3 aromatic carbocycles. The molecule has 5 nitrogen and oxygen atoms in total. The van der Waals surface area contributed by atoms with E-state index in [-0.39, 0.29) is 35.1 Å². The van der Waals surface area contributed by atoms with Crippen molar-refractivity contribution >= 4 is 29.7 Å². The third-order valence-corrected chi connectivity index (χ3v) is 5.02. The number of aliphatic hydroxyl groups excluding tert-OH is 1. The van der Waals surface area contributed by atoms with Gasteiger partial charge in [-0.15, -0.1) is 12.4 Å². The SMILES string of the molecule is Cl.O=C1C(=O)c2ccccc2C(O)=C1C(NCc1ccccc1)c1ccccc1O. The summed E-state index contributed by atoms with van der Waals surface area (Å²) in [5.41, 5.74) is 1.80. The predicted molar refractivity (Wildman–Crippen MR) is 117 cm³/mol. The number of benzene rings is 3. The number of aliphatic hydroxyl groups is 1. The number of ketones is 2. The Hall–Kier alpha value is -3.41. The molecule has 1 atom stereocenters. The Labute approximate surface area is 180 Å². The first kappa shape index (κ1) is 21.3. The quantitative estimate of drug-likeness (QED) is 0.532. The molecule has 30 heavy (non-hydrogen) atoms. The fourth-order valence-electron chi connectivity index (χ4n) is 3.57. The van der Waals surface area contributed by atoms with E-state index in [2.05, 4.69) is 5.32 Å². The fourth-order valence-corrected chi connectivity index (χ4v) is 3.57. The second kappa shape index (κ2) is 8.95. The largest absolute Gasteiger partial charge is 0.508 e. The minimum atomic E-state index is -0.860. The standard InChI is InChI=1S/C24H19NO4.ClH/c26-19-13-7-6-12-18(19)21(25-14-15-8-2-1-3-9-15)20-22(27)16-10-4-5-11-17(16)23(28)24(20)29;/h1-13,21,25-27H,14H2;1H. The number of phenols is 1. The summed E-state index contributed by atoms with van der Waals surface area (Å²) >= 11 is 0. The fraction of sp³-hybridized carbons (Fsp3) is 0.0833. The average Bonchev–Trinajstić information content (AvgIpc) is 2.76. The molecule has 0 fully saturated rings. The van der Waals surface area contributed by atoms with Crippen LogP contribution in [0.3, 0.4) is 0 Å². The van der Waals surface area contributed by atoms with Crippen molar-refractivity contribution in [3.8, 4) is 5.75 Å². The molecule has 0 spiro atoms. The zero-order valence-corrected chi connectivity index (χ0v) is 16.7. The molecule has 0 radical (unpaired) electrons. The summed E-state index contributed by atoms with van der Waals surface area (Å²) < 4.78 is 0. The zero-order chi connectivity index (χ0) is 20.4. The van der Waals surface area contributed by atoms with E-state index < -0.39 is 17.6 Å². The number of para-hydroxylation sites is 1. The first-order valence-corrected chi connectivity index (χ1v) is 9.24. The Morgan fingerprint density at radius 3 is 2.03 bits per heavy atom. The Kier molecular flexibility index (Phi) is 6.35. The van der Waals surface area contributed by atoms with E-state index in [1.54, 1.807) is 36.4 Å². The molecule has 1 aliphatic carbocycles. The molecule has 1 aliphatic rings. The second-order valence-electron chi connectivity index (χ2n) is 6.82. The van der Waals surface area contributed by atoms with E-state index in [0.717, 1.165) is 5.56 Å². The van der Waals surface area contributed by atoms with Gasteiger partial charge in [0.25, 0.3) is 0 Å². The highest BCUT2D eigenvalue weighted by Crippen LogP contribution is 2.37. The number of nitrogens with one attached hydrogen (secondary N) is 1. The summed E-state index contributed by atoms with van der Waals surface area (Å²) in [6.07, 6.45) is 0. The Morgan fingerprint density at radius 1 is 0.733 bits per heavy atom. The molecule has 0 saturated carbocycles. The van der Waals surface area contributed by atoms with Crippen LogP contribution in [0.1, 0.15) is 33.1 Å². The summed E-state index contributed by atoms with van der Waals surface area (Å²) in [7, 11) is 0. The number of hydrogen-bond donors (Lipinski definition) is 3. The van der Waals surface area contributed by atoms with E-state index in [0.29, 0.717) is 17.7 Å². The van der Waals surface area contributed by atoms with Crippen molar-refractivity contribution in [1.29, 1.82) is 0 Å². The topological polar surface area (TPSA) is 86.6 Å². The molecule has 0 saturated heterocycles. The maximum atomic E-state index is 12.9. The molecule has 0 aliphatic heterocycles. The highest BCUT2D eigenvalue weighted by Gasteiger charge is 2.38. The number of halogens is 1. The lowest BCUT2D eigenvalue weighted by molar-refractivity contribution is -0.112. The minimum absolute atomic E-state index is 0. The van der Waals surface area contributed by atoms with Gasteiger partial charge in [0.15, 0.2) is 0 Å². The van der Waals surface area contributed by atoms with Crippen LogP contribution >= 0.6 is 12.4 Å². The van der Waals surface area contributed by atoms with Gasteiger partial charge >= 0.3 is 0 Å². The Bertz CT molecular complexity index is 1120. The van der Waals surface area contributed by atoms with Crippen LogP contribution in [0.5, 0.6) is 5.75 Å². The van der Waals surface area contributed by atoms with Gasteiger partial charge in [-0.05, 0) is 11.6 Å². The van der Waals surface area contributed by atoms with Crippen LogP contribution in [-0.2, 0) is 11.3 Å².